The average Bonchev–Trinajstić information content (AvgIpc) is 3.49. The molecule has 0 unspecified atom stereocenters. The number of nitrogens with zero attached hydrogens (tertiary/aromatic N) is 5. The first-order chi connectivity index (χ1) is 19.4. The zero-order chi connectivity index (χ0) is 28.1. The summed E-state index contributed by atoms with van der Waals surface area (Å²) in [7, 11) is 4.25. The van der Waals surface area contributed by atoms with Crippen molar-refractivity contribution in [3.8, 4) is 11.4 Å². The van der Waals surface area contributed by atoms with Gasteiger partial charge in [-0.1, -0.05) is 12.1 Å². The number of anilines is 2. The van der Waals surface area contributed by atoms with Crippen molar-refractivity contribution < 1.29 is 14.7 Å². The summed E-state index contributed by atoms with van der Waals surface area (Å²) in [5.41, 5.74) is 4.85. The first-order valence-corrected chi connectivity index (χ1v) is 14.1. The normalized spacial score (nSPS) is 17.3. The summed E-state index contributed by atoms with van der Waals surface area (Å²) in [6, 6.07) is 13.6. The summed E-state index contributed by atoms with van der Waals surface area (Å²) in [5.74, 6) is 0.0102. The number of hydrogen-bond acceptors (Lipinski definition) is 7. The number of rotatable bonds is 9. The van der Waals surface area contributed by atoms with Crippen molar-refractivity contribution in [3.63, 3.8) is 0 Å². The van der Waals surface area contributed by atoms with Crippen molar-refractivity contribution in [2.75, 3.05) is 63.6 Å². The van der Waals surface area contributed by atoms with Crippen LogP contribution >= 0.6 is 0 Å². The molecule has 2 saturated heterocycles. The van der Waals surface area contributed by atoms with Gasteiger partial charge < -0.3 is 20.2 Å². The number of carboxylic acid groups (broad SMARTS) is 1. The van der Waals surface area contributed by atoms with Crippen LogP contribution in [0, 0.1) is 5.92 Å². The Kier molecular flexibility index (Phi) is 8.76. The number of piperidine rings is 2. The number of carbonyl (C=O) groups excluding carboxylic acids is 1. The number of H-pyrrole nitrogens is 1. The molecule has 10 nitrogen and oxygen atoms in total. The minimum absolute atomic E-state index is 0.0977. The molecule has 40 heavy (non-hydrogen) atoms. The van der Waals surface area contributed by atoms with E-state index in [0.29, 0.717) is 23.2 Å². The number of carboxylic acids is 1. The van der Waals surface area contributed by atoms with E-state index in [1.54, 1.807) is 12.3 Å². The van der Waals surface area contributed by atoms with E-state index >= 15 is 0 Å². The van der Waals surface area contributed by atoms with E-state index in [-0.39, 0.29) is 12.5 Å². The van der Waals surface area contributed by atoms with E-state index < -0.39 is 5.97 Å². The van der Waals surface area contributed by atoms with Gasteiger partial charge in [0.05, 0.1) is 29.3 Å². The molecule has 1 amide bonds. The Morgan fingerprint density at radius 3 is 2.50 bits per heavy atom. The Morgan fingerprint density at radius 1 is 1.05 bits per heavy atom. The molecule has 212 valence electrons. The second-order valence-corrected chi connectivity index (χ2v) is 11.2. The molecule has 2 aliphatic heterocycles. The molecule has 4 heterocycles. The fraction of sp³-hybridized carbons (Fsp3) is 0.467. The molecule has 0 atom stereocenters. The lowest BCUT2D eigenvalue weighted by molar-refractivity contribution is -0.138. The van der Waals surface area contributed by atoms with Crippen molar-refractivity contribution >= 4 is 23.3 Å². The van der Waals surface area contributed by atoms with Gasteiger partial charge in [0.2, 0.25) is 0 Å². The predicted octanol–water partition coefficient (Wildman–Crippen LogP) is 3.77. The molecule has 0 spiro atoms. The SMILES string of the molecule is CN(C)CC1CCN(c2cc(C3CCN(CC(=O)O)CC3)ccc2NC(=O)c2cccc(-c3ccn[nH]3)n2)CC1. The van der Waals surface area contributed by atoms with Crippen LogP contribution in [0.3, 0.4) is 0 Å². The van der Waals surface area contributed by atoms with Crippen LogP contribution in [0.4, 0.5) is 11.4 Å². The number of likely N-dealkylation sites (tertiary alicyclic amines) is 1. The van der Waals surface area contributed by atoms with Gasteiger partial charge in [-0.25, -0.2) is 4.98 Å². The van der Waals surface area contributed by atoms with E-state index in [9.17, 15) is 9.59 Å². The molecule has 0 bridgehead atoms. The van der Waals surface area contributed by atoms with Crippen LogP contribution in [0.2, 0.25) is 0 Å². The van der Waals surface area contributed by atoms with Crippen molar-refractivity contribution in [2.24, 2.45) is 5.92 Å². The van der Waals surface area contributed by atoms with Crippen LogP contribution in [0.15, 0.2) is 48.7 Å². The minimum atomic E-state index is -0.775. The van der Waals surface area contributed by atoms with Gasteiger partial charge in [-0.15, -0.1) is 0 Å². The molecule has 0 radical (unpaired) electrons. The van der Waals surface area contributed by atoms with Gasteiger partial charge in [-0.2, -0.15) is 5.10 Å². The fourth-order valence-corrected chi connectivity index (χ4v) is 5.95. The van der Waals surface area contributed by atoms with Gasteiger partial charge >= 0.3 is 5.97 Å². The second kappa shape index (κ2) is 12.6. The number of pyridine rings is 1. The molecule has 2 aliphatic rings. The Hall–Kier alpha value is -3.76. The Balaban J connectivity index is 1.36. The highest BCUT2D eigenvalue weighted by atomic mass is 16.4. The van der Waals surface area contributed by atoms with Crippen molar-refractivity contribution in [1.82, 2.24) is 25.0 Å². The van der Waals surface area contributed by atoms with Crippen molar-refractivity contribution in [1.29, 1.82) is 0 Å². The van der Waals surface area contributed by atoms with Gasteiger partial charge in [0, 0.05) is 25.8 Å². The molecule has 5 rings (SSSR count). The largest absolute Gasteiger partial charge is 0.480 e. The van der Waals surface area contributed by atoms with Crippen LogP contribution < -0.4 is 10.2 Å². The third-order valence-corrected chi connectivity index (χ3v) is 8.02. The summed E-state index contributed by atoms with van der Waals surface area (Å²) in [4.78, 5) is 35.7. The summed E-state index contributed by atoms with van der Waals surface area (Å²) >= 11 is 0. The first kappa shape index (κ1) is 27.8. The van der Waals surface area contributed by atoms with Crippen molar-refractivity contribution in [2.45, 2.75) is 31.6 Å². The van der Waals surface area contributed by atoms with Gasteiger partial charge in [-0.3, -0.25) is 19.6 Å². The van der Waals surface area contributed by atoms with E-state index in [4.69, 9.17) is 5.11 Å². The lowest BCUT2D eigenvalue weighted by atomic mass is 9.88. The molecule has 3 N–H and O–H groups in total. The van der Waals surface area contributed by atoms with Crippen LogP contribution in [-0.4, -0.2) is 95.3 Å². The molecule has 2 aromatic heterocycles. The van der Waals surface area contributed by atoms with Crippen LogP contribution in [-0.2, 0) is 4.79 Å². The monoisotopic (exact) mass is 545 g/mol. The Morgan fingerprint density at radius 2 is 1.82 bits per heavy atom. The summed E-state index contributed by atoms with van der Waals surface area (Å²) < 4.78 is 0. The maximum absolute atomic E-state index is 13.4. The highest BCUT2D eigenvalue weighted by Gasteiger charge is 2.26. The smallest absolute Gasteiger partial charge is 0.317 e. The molecule has 3 aromatic rings. The molecule has 0 aliphatic carbocycles. The molecular formula is C30H39N7O3. The van der Waals surface area contributed by atoms with Crippen LogP contribution in [0.5, 0.6) is 0 Å². The number of amides is 1. The fourth-order valence-electron chi connectivity index (χ4n) is 5.95. The van der Waals surface area contributed by atoms with E-state index in [1.807, 2.05) is 29.2 Å². The third-order valence-electron chi connectivity index (χ3n) is 8.02. The molecule has 10 heteroatoms. The number of hydrogen-bond donors (Lipinski definition) is 3. The van der Waals surface area contributed by atoms with Crippen LogP contribution in [0.1, 0.15) is 47.7 Å². The quantitative estimate of drug-likeness (QED) is 0.372. The summed E-state index contributed by atoms with van der Waals surface area (Å²) in [6.07, 6.45) is 5.73. The zero-order valence-corrected chi connectivity index (χ0v) is 23.3. The number of aliphatic carboxylic acids is 1. The topological polar surface area (TPSA) is 118 Å². The highest BCUT2D eigenvalue weighted by molar-refractivity contribution is 6.05. The lowest BCUT2D eigenvalue weighted by Gasteiger charge is -2.36. The summed E-state index contributed by atoms with van der Waals surface area (Å²) in [6.45, 7) is 4.62. The number of benzene rings is 1. The Labute approximate surface area is 235 Å². The van der Waals surface area contributed by atoms with Gasteiger partial charge in [-0.05, 0) is 101 Å². The number of aromatic amines is 1. The minimum Gasteiger partial charge on any atom is -0.480 e. The number of carbonyl (C=O) groups is 2. The van der Waals surface area contributed by atoms with Crippen LogP contribution in [0.25, 0.3) is 11.4 Å². The lowest BCUT2D eigenvalue weighted by Crippen LogP contribution is -2.38. The predicted molar refractivity (Wildman–Crippen MR) is 156 cm³/mol. The highest BCUT2D eigenvalue weighted by Crippen LogP contribution is 2.36. The van der Waals surface area contributed by atoms with Crippen molar-refractivity contribution in [3.05, 3.63) is 59.9 Å². The standard InChI is InChI=1S/C30H39N7O3/c1-35(2)19-21-9-16-37(17-10-21)28-18-23(22-11-14-36(15-12-22)20-29(38)39)6-7-26(28)33-30(40)27-5-3-4-24(32-27)25-8-13-31-34-25/h3-8,13,18,21-22H,9-12,14-17,19-20H2,1-2H3,(H,31,34)(H,33,40)(H,38,39). The maximum atomic E-state index is 13.4. The molecule has 1 aromatic carbocycles. The third kappa shape index (κ3) is 6.86. The van der Waals surface area contributed by atoms with Gasteiger partial charge in [0.25, 0.3) is 5.91 Å². The Bertz CT molecular complexity index is 1290. The van der Waals surface area contributed by atoms with E-state index in [2.05, 4.69) is 56.5 Å². The average molecular weight is 546 g/mol. The second-order valence-electron chi connectivity index (χ2n) is 11.2. The molecular weight excluding hydrogens is 506 g/mol. The number of nitrogens with one attached hydrogen (secondary N) is 2. The number of aromatic nitrogens is 3. The first-order valence-electron chi connectivity index (χ1n) is 14.1. The van der Waals surface area contributed by atoms with Gasteiger partial charge in [0.15, 0.2) is 0 Å². The summed E-state index contributed by atoms with van der Waals surface area (Å²) in [5, 5.41) is 19.2. The maximum Gasteiger partial charge on any atom is 0.317 e. The molecule has 0 saturated carbocycles. The van der Waals surface area contributed by atoms with E-state index in [0.717, 1.165) is 75.5 Å². The van der Waals surface area contributed by atoms with Gasteiger partial charge in [0.1, 0.15) is 5.69 Å². The van der Waals surface area contributed by atoms with E-state index in [1.165, 1.54) is 5.56 Å². The zero-order valence-electron chi connectivity index (χ0n) is 23.3. The molecule has 2 fully saturated rings.